The Balaban J connectivity index is 0.00000288. The highest BCUT2D eigenvalue weighted by Crippen LogP contribution is 2.14. The first-order valence-corrected chi connectivity index (χ1v) is 7.54. The average molecular weight is 353 g/mol. The maximum atomic E-state index is 13.1. The molecule has 0 aliphatic rings. The van der Waals surface area contributed by atoms with Crippen molar-refractivity contribution in [1.82, 2.24) is 5.32 Å². The fourth-order valence-electron chi connectivity index (χ4n) is 2.16. The van der Waals surface area contributed by atoms with Crippen molar-refractivity contribution in [3.05, 3.63) is 66.0 Å². The molecule has 2 atom stereocenters. The molecule has 2 aromatic carbocycles. The standard InChI is InChI=1S/C18H21FN2O2.ClH/c1-13(23-16-9-5-8-15(19)10-16)12-21-18(22)11-17(20)14-6-3-2-4-7-14;/h2-10,13,17H,11-12,20H2,1H3,(H,21,22);1H. The summed E-state index contributed by atoms with van der Waals surface area (Å²) in [5, 5.41) is 2.78. The molecule has 0 aliphatic carbocycles. The minimum atomic E-state index is -0.354. The van der Waals surface area contributed by atoms with Crippen LogP contribution >= 0.6 is 12.4 Å². The van der Waals surface area contributed by atoms with Crippen LogP contribution in [0.15, 0.2) is 54.6 Å². The maximum absolute atomic E-state index is 13.1. The first-order valence-electron chi connectivity index (χ1n) is 7.54. The molecule has 2 aromatic rings. The van der Waals surface area contributed by atoms with Crippen LogP contribution in [-0.4, -0.2) is 18.6 Å². The second-order valence-corrected chi connectivity index (χ2v) is 5.41. The Labute approximate surface area is 147 Å². The van der Waals surface area contributed by atoms with Crippen LogP contribution in [0.3, 0.4) is 0 Å². The topological polar surface area (TPSA) is 64.4 Å². The van der Waals surface area contributed by atoms with Gasteiger partial charge in [0.15, 0.2) is 0 Å². The smallest absolute Gasteiger partial charge is 0.222 e. The Hall–Kier alpha value is -2.11. The van der Waals surface area contributed by atoms with E-state index in [2.05, 4.69) is 5.32 Å². The van der Waals surface area contributed by atoms with E-state index < -0.39 is 0 Å². The predicted molar refractivity (Wildman–Crippen MR) is 94.7 cm³/mol. The summed E-state index contributed by atoms with van der Waals surface area (Å²) in [6, 6.07) is 15.1. The van der Waals surface area contributed by atoms with Gasteiger partial charge >= 0.3 is 0 Å². The van der Waals surface area contributed by atoms with Gasteiger partial charge in [-0.25, -0.2) is 4.39 Å². The molecule has 0 bridgehead atoms. The fourth-order valence-corrected chi connectivity index (χ4v) is 2.16. The van der Waals surface area contributed by atoms with E-state index in [-0.39, 0.29) is 42.7 Å². The van der Waals surface area contributed by atoms with Gasteiger partial charge in [-0.3, -0.25) is 4.79 Å². The molecule has 0 spiro atoms. The van der Waals surface area contributed by atoms with Crippen LogP contribution < -0.4 is 15.8 Å². The quantitative estimate of drug-likeness (QED) is 0.804. The Morgan fingerprint density at radius 3 is 2.58 bits per heavy atom. The molecule has 0 heterocycles. The third-order valence-corrected chi connectivity index (χ3v) is 3.35. The molecule has 3 N–H and O–H groups in total. The monoisotopic (exact) mass is 352 g/mol. The lowest BCUT2D eigenvalue weighted by Gasteiger charge is -2.17. The van der Waals surface area contributed by atoms with Gasteiger partial charge in [-0.1, -0.05) is 36.4 Å². The molecule has 130 valence electrons. The molecule has 6 heteroatoms. The molecule has 2 unspecified atom stereocenters. The molecule has 0 aromatic heterocycles. The minimum absolute atomic E-state index is 0. The summed E-state index contributed by atoms with van der Waals surface area (Å²) in [5.74, 6) is -0.0589. The summed E-state index contributed by atoms with van der Waals surface area (Å²) < 4.78 is 18.6. The van der Waals surface area contributed by atoms with Crippen LogP contribution in [0.5, 0.6) is 5.75 Å². The summed E-state index contributed by atoms with van der Waals surface area (Å²) >= 11 is 0. The molecule has 4 nitrogen and oxygen atoms in total. The van der Waals surface area contributed by atoms with Crippen molar-refractivity contribution in [1.29, 1.82) is 0 Å². The largest absolute Gasteiger partial charge is 0.489 e. The van der Waals surface area contributed by atoms with Gasteiger partial charge in [0.25, 0.3) is 0 Å². The van der Waals surface area contributed by atoms with Crippen molar-refractivity contribution >= 4 is 18.3 Å². The zero-order valence-electron chi connectivity index (χ0n) is 13.4. The SMILES string of the molecule is CC(CNC(=O)CC(N)c1ccccc1)Oc1cccc(F)c1.Cl. The van der Waals surface area contributed by atoms with E-state index in [1.807, 2.05) is 37.3 Å². The van der Waals surface area contributed by atoms with E-state index in [4.69, 9.17) is 10.5 Å². The fraction of sp³-hybridized carbons (Fsp3) is 0.278. The van der Waals surface area contributed by atoms with Crippen molar-refractivity contribution in [2.45, 2.75) is 25.5 Å². The lowest BCUT2D eigenvalue weighted by Crippen LogP contribution is -2.35. The van der Waals surface area contributed by atoms with E-state index in [0.29, 0.717) is 12.3 Å². The second kappa shape index (κ2) is 9.90. The van der Waals surface area contributed by atoms with E-state index in [9.17, 15) is 9.18 Å². The van der Waals surface area contributed by atoms with E-state index in [0.717, 1.165) is 5.56 Å². The molecule has 0 saturated heterocycles. The second-order valence-electron chi connectivity index (χ2n) is 5.41. The summed E-state index contributed by atoms with van der Waals surface area (Å²) in [4.78, 5) is 11.9. The predicted octanol–water partition coefficient (Wildman–Crippen LogP) is 3.22. The first kappa shape index (κ1) is 19.9. The number of nitrogens with one attached hydrogen (secondary N) is 1. The van der Waals surface area contributed by atoms with Crippen molar-refractivity contribution < 1.29 is 13.9 Å². The highest BCUT2D eigenvalue weighted by molar-refractivity contribution is 5.85. The van der Waals surface area contributed by atoms with Gasteiger partial charge < -0.3 is 15.8 Å². The number of halogens is 2. The zero-order chi connectivity index (χ0) is 16.7. The van der Waals surface area contributed by atoms with Gasteiger partial charge in [-0.05, 0) is 24.6 Å². The molecular formula is C18H22ClFN2O2. The van der Waals surface area contributed by atoms with Gasteiger partial charge in [0.05, 0.1) is 6.54 Å². The van der Waals surface area contributed by atoms with Crippen molar-refractivity contribution in [2.24, 2.45) is 5.73 Å². The van der Waals surface area contributed by atoms with E-state index in [1.165, 1.54) is 12.1 Å². The number of carbonyl (C=O) groups excluding carboxylic acids is 1. The van der Waals surface area contributed by atoms with Crippen LogP contribution in [0, 0.1) is 5.82 Å². The van der Waals surface area contributed by atoms with Gasteiger partial charge in [0.2, 0.25) is 5.91 Å². The van der Waals surface area contributed by atoms with Gasteiger partial charge in [0.1, 0.15) is 17.7 Å². The minimum Gasteiger partial charge on any atom is -0.489 e. The third-order valence-electron chi connectivity index (χ3n) is 3.35. The normalized spacial score (nSPS) is 12.6. The Kier molecular flexibility index (Phi) is 8.22. The lowest BCUT2D eigenvalue weighted by atomic mass is 10.0. The van der Waals surface area contributed by atoms with E-state index >= 15 is 0 Å². The molecule has 2 rings (SSSR count). The Bertz CT molecular complexity index is 640. The summed E-state index contributed by atoms with van der Waals surface area (Å²) in [6.07, 6.45) is -0.0647. The highest BCUT2D eigenvalue weighted by Gasteiger charge is 2.12. The summed E-state index contributed by atoms with van der Waals surface area (Å²) in [6.45, 7) is 2.14. The van der Waals surface area contributed by atoms with Crippen LogP contribution in [-0.2, 0) is 4.79 Å². The number of carbonyl (C=O) groups is 1. The van der Waals surface area contributed by atoms with E-state index in [1.54, 1.807) is 12.1 Å². The first-order chi connectivity index (χ1) is 11.0. The molecular weight excluding hydrogens is 331 g/mol. The molecule has 0 fully saturated rings. The van der Waals surface area contributed by atoms with Crippen molar-refractivity contribution in [3.63, 3.8) is 0 Å². The van der Waals surface area contributed by atoms with Crippen molar-refractivity contribution in [3.8, 4) is 5.75 Å². The van der Waals surface area contributed by atoms with Crippen LogP contribution in [0.1, 0.15) is 24.9 Å². The van der Waals surface area contributed by atoms with Gasteiger partial charge in [-0.15, -0.1) is 12.4 Å². The summed E-state index contributed by atoms with van der Waals surface area (Å²) in [7, 11) is 0. The van der Waals surface area contributed by atoms with Crippen LogP contribution in [0.2, 0.25) is 0 Å². The average Bonchev–Trinajstić information content (AvgIpc) is 2.54. The van der Waals surface area contributed by atoms with Crippen LogP contribution in [0.25, 0.3) is 0 Å². The maximum Gasteiger partial charge on any atom is 0.222 e. The van der Waals surface area contributed by atoms with Gasteiger partial charge in [-0.2, -0.15) is 0 Å². The number of amides is 1. The number of hydrogen-bond donors (Lipinski definition) is 2. The molecule has 1 amide bonds. The summed E-state index contributed by atoms with van der Waals surface area (Å²) in [5.41, 5.74) is 6.93. The molecule has 0 radical (unpaired) electrons. The number of benzene rings is 2. The van der Waals surface area contributed by atoms with Crippen LogP contribution in [0.4, 0.5) is 4.39 Å². The molecule has 24 heavy (non-hydrogen) atoms. The lowest BCUT2D eigenvalue weighted by molar-refractivity contribution is -0.121. The third kappa shape index (κ3) is 6.56. The number of ether oxygens (including phenoxy) is 1. The number of rotatable bonds is 7. The molecule has 0 saturated carbocycles. The highest BCUT2D eigenvalue weighted by atomic mass is 35.5. The Morgan fingerprint density at radius 2 is 1.92 bits per heavy atom. The number of hydrogen-bond acceptors (Lipinski definition) is 3. The number of nitrogens with two attached hydrogens (primary N) is 1. The molecule has 0 aliphatic heterocycles. The van der Waals surface area contributed by atoms with Crippen molar-refractivity contribution in [2.75, 3.05) is 6.54 Å². The van der Waals surface area contributed by atoms with Gasteiger partial charge in [0, 0.05) is 18.5 Å². The Morgan fingerprint density at radius 1 is 1.21 bits per heavy atom. The zero-order valence-corrected chi connectivity index (χ0v) is 14.3.